The molecule has 0 saturated carbocycles. The topological polar surface area (TPSA) is 12.4 Å². The minimum atomic E-state index is 0.536. The molecule has 0 aliphatic carbocycles. The molecule has 1 rings (SSSR count). The van der Waals surface area contributed by atoms with Crippen LogP contribution in [0.4, 0.5) is 5.69 Å². The van der Waals surface area contributed by atoms with Gasteiger partial charge in [-0.05, 0) is 40.3 Å². The highest BCUT2D eigenvalue weighted by molar-refractivity contribution is 9.11. The van der Waals surface area contributed by atoms with Gasteiger partial charge in [-0.25, -0.2) is 0 Å². The zero-order valence-corrected chi connectivity index (χ0v) is 10.4. The molecule has 1 aromatic carbocycles. The molecule has 0 saturated heterocycles. The van der Waals surface area contributed by atoms with Crippen molar-refractivity contribution in [1.82, 2.24) is 0 Å². The Balaban J connectivity index is 3.37. The monoisotopic (exact) mass is 325 g/mol. The van der Waals surface area contributed by atoms with Gasteiger partial charge in [-0.15, -0.1) is 0 Å². The Morgan fingerprint density at radius 3 is 2.58 bits per heavy atom. The molecule has 0 spiro atoms. The predicted molar refractivity (Wildman–Crippen MR) is 61.5 cm³/mol. The van der Waals surface area contributed by atoms with Crippen molar-refractivity contribution in [2.45, 2.75) is 0 Å². The number of isothiocyanates is 1. The average Bonchev–Trinajstić information content (AvgIpc) is 1.96. The van der Waals surface area contributed by atoms with E-state index in [1.807, 2.05) is 6.07 Å². The number of aliphatic imine (C=N–C) groups is 1. The molecule has 62 valence electrons. The lowest BCUT2D eigenvalue weighted by molar-refractivity contribution is 1.49. The standard InChI is InChI=1S/C7H2Br2ClNS/c8-4-1-5(9)7(11-3-12)6(10)2-4/h1-2H. The molecule has 0 atom stereocenters. The molecule has 0 heterocycles. The maximum atomic E-state index is 5.87. The smallest absolute Gasteiger partial charge is 0.107 e. The summed E-state index contributed by atoms with van der Waals surface area (Å²) in [6.07, 6.45) is 0. The largest absolute Gasteiger partial charge is 0.192 e. The van der Waals surface area contributed by atoms with Crippen molar-refractivity contribution in [2.24, 2.45) is 4.99 Å². The van der Waals surface area contributed by atoms with Gasteiger partial charge >= 0.3 is 0 Å². The number of hydrogen-bond donors (Lipinski definition) is 0. The Labute approximate surface area is 97.1 Å². The molecule has 0 aliphatic rings. The first-order chi connectivity index (χ1) is 5.65. The van der Waals surface area contributed by atoms with E-state index >= 15 is 0 Å². The van der Waals surface area contributed by atoms with E-state index < -0.39 is 0 Å². The number of thiocarbonyl (C=S) groups is 1. The molecule has 1 nitrogen and oxygen atoms in total. The molecule has 12 heavy (non-hydrogen) atoms. The molecule has 0 bridgehead atoms. The van der Waals surface area contributed by atoms with E-state index in [2.05, 4.69) is 54.2 Å². The molecule has 5 heteroatoms. The molecule has 0 unspecified atom stereocenters. The van der Waals surface area contributed by atoms with Gasteiger partial charge in [-0.1, -0.05) is 27.5 Å². The van der Waals surface area contributed by atoms with Crippen LogP contribution in [-0.4, -0.2) is 5.16 Å². The molecule has 0 N–H and O–H groups in total. The molecule has 1 aromatic rings. The highest BCUT2D eigenvalue weighted by atomic mass is 79.9. The van der Waals surface area contributed by atoms with E-state index in [1.165, 1.54) is 0 Å². The van der Waals surface area contributed by atoms with E-state index in [0.717, 1.165) is 8.95 Å². The Kier molecular flexibility index (Phi) is 3.87. The number of halogens is 3. The minimum Gasteiger partial charge on any atom is -0.192 e. The van der Waals surface area contributed by atoms with Crippen molar-refractivity contribution in [1.29, 1.82) is 0 Å². The first-order valence-electron chi connectivity index (χ1n) is 2.87. The lowest BCUT2D eigenvalue weighted by atomic mass is 10.3. The normalized spacial score (nSPS) is 9.25. The predicted octanol–water partition coefficient (Wildman–Crippen LogP) is 4.60. The maximum Gasteiger partial charge on any atom is 0.107 e. The summed E-state index contributed by atoms with van der Waals surface area (Å²) < 4.78 is 1.68. The summed E-state index contributed by atoms with van der Waals surface area (Å²) in [5, 5.41) is 2.80. The summed E-state index contributed by atoms with van der Waals surface area (Å²) in [5.41, 5.74) is 0.606. The van der Waals surface area contributed by atoms with E-state index in [0.29, 0.717) is 10.7 Å². The lowest BCUT2D eigenvalue weighted by Gasteiger charge is -2.00. The number of hydrogen-bond acceptors (Lipinski definition) is 2. The van der Waals surface area contributed by atoms with E-state index in [1.54, 1.807) is 6.07 Å². The van der Waals surface area contributed by atoms with Crippen molar-refractivity contribution < 1.29 is 0 Å². The van der Waals surface area contributed by atoms with Gasteiger partial charge in [0, 0.05) is 8.95 Å². The third kappa shape index (κ3) is 2.38. The van der Waals surface area contributed by atoms with Gasteiger partial charge in [0.15, 0.2) is 0 Å². The SMILES string of the molecule is S=C=Nc1c(Cl)cc(Br)cc1Br. The van der Waals surface area contributed by atoms with Crippen LogP contribution in [0.15, 0.2) is 26.1 Å². The van der Waals surface area contributed by atoms with Gasteiger partial charge in [-0.3, -0.25) is 0 Å². The highest BCUT2D eigenvalue weighted by Gasteiger charge is 2.04. The van der Waals surface area contributed by atoms with Crippen LogP contribution in [-0.2, 0) is 0 Å². The summed E-state index contributed by atoms with van der Waals surface area (Å²) in [7, 11) is 0. The molecule has 0 aliphatic heterocycles. The summed E-state index contributed by atoms with van der Waals surface area (Å²) >= 11 is 17.0. The van der Waals surface area contributed by atoms with Crippen LogP contribution in [0.1, 0.15) is 0 Å². The Morgan fingerprint density at radius 2 is 2.08 bits per heavy atom. The van der Waals surface area contributed by atoms with Gasteiger partial charge in [0.05, 0.1) is 10.2 Å². The van der Waals surface area contributed by atoms with Crippen LogP contribution in [0.3, 0.4) is 0 Å². The summed E-state index contributed by atoms with van der Waals surface area (Å²) in [6, 6.07) is 3.59. The van der Waals surface area contributed by atoms with Crippen molar-refractivity contribution in [3.8, 4) is 0 Å². The first-order valence-corrected chi connectivity index (χ1v) is 5.25. The van der Waals surface area contributed by atoms with Crippen molar-refractivity contribution in [3.63, 3.8) is 0 Å². The summed E-state index contributed by atoms with van der Waals surface area (Å²) in [6.45, 7) is 0. The van der Waals surface area contributed by atoms with Crippen LogP contribution in [0, 0.1) is 0 Å². The number of nitrogens with zero attached hydrogens (tertiary/aromatic N) is 1. The fourth-order valence-electron chi connectivity index (χ4n) is 0.687. The van der Waals surface area contributed by atoms with Gasteiger partial charge in [0.25, 0.3) is 0 Å². The molecule has 0 amide bonds. The molecular weight excluding hydrogens is 325 g/mol. The van der Waals surface area contributed by atoms with E-state index in [9.17, 15) is 0 Å². The lowest BCUT2D eigenvalue weighted by Crippen LogP contribution is -1.72. The van der Waals surface area contributed by atoms with Gasteiger partial charge in [0.2, 0.25) is 0 Å². The third-order valence-corrected chi connectivity index (χ3v) is 2.58. The summed E-state index contributed by atoms with van der Waals surface area (Å²) in [5.74, 6) is 0. The fraction of sp³-hybridized carbons (Fsp3) is 0. The van der Waals surface area contributed by atoms with Gasteiger partial charge in [0.1, 0.15) is 5.69 Å². The van der Waals surface area contributed by atoms with Crippen molar-refractivity contribution in [2.75, 3.05) is 0 Å². The zero-order chi connectivity index (χ0) is 9.14. The highest BCUT2D eigenvalue weighted by Crippen LogP contribution is 2.35. The van der Waals surface area contributed by atoms with Gasteiger partial charge in [-0.2, -0.15) is 4.99 Å². The van der Waals surface area contributed by atoms with Crippen LogP contribution in [0.2, 0.25) is 5.02 Å². The van der Waals surface area contributed by atoms with Crippen LogP contribution >= 0.6 is 55.7 Å². The summed E-state index contributed by atoms with van der Waals surface area (Å²) in [4.78, 5) is 3.81. The van der Waals surface area contributed by atoms with Crippen molar-refractivity contribution in [3.05, 3.63) is 26.1 Å². The number of rotatable bonds is 1. The molecule has 0 radical (unpaired) electrons. The van der Waals surface area contributed by atoms with Gasteiger partial charge < -0.3 is 0 Å². The third-order valence-electron chi connectivity index (χ3n) is 1.14. The van der Waals surface area contributed by atoms with Crippen molar-refractivity contribution >= 4 is 66.5 Å². The first kappa shape index (κ1) is 10.4. The number of benzene rings is 1. The van der Waals surface area contributed by atoms with Crippen LogP contribution in [0.25, 0.3) is 0 Å². The van der Waals surface area contributed by atoms with E-state index in [4.69, 9.17) is 11.6 Å². The second-order valence-corrected chi connectivity index (χ2v) is 4.28. The molecule has 0 aromatic heterocycles. The molecule has 0 fully saturated rings. The Morgan fingerprint density at radius 1 is 1.42 bits per heavy atom. The second kappa shape index (κ2) is 4.49. The fourth-order valence-corrected chi connectivity index (χ4v) is 2.60. The average molecular weight is 327 g/mol. The zero-order valence-electron chi connectivity index (χ0n) is 5.64. The van der Waals surface area contributed by atoms with E-state index in [-0.39, 0.29) is 0 Å². The van der Waals surface area contributed by atoms with Crippen LogP contribution in [0.5, 0.6) is 0 Å². The maximum absolute atomic E-state index is 5.87. The minimum absolute atomic E-state index is 0.536. The Bertz CT molecular complexity index is 337. The quantitative estimate of drug-likeness (QED) is 0.542. The van der Waals surface area contributed by atoms with Crippen LogP contribution < -0.4 is 0 Å². The molecular formula is C7H2Br2ClNS. The second-order valence-electron chi connectivity index (χ2n) is 1.92. The Hall–Kier alpha value is 0.270.